The lowest BCUT2D eigenvalue weighted by Crippen LogP contribution is -2.22. The van der Waals surface area contributed by atoms with Crippen molar-refractivity contribution in [1.82, 2.24) is 20.3 Å². The van der Waals surface area contributed by atoms with E-state index in [1.807, 2.05) is 36.7 Å². The van der Waals surface area contributed by atoms with Crippen LogP contribution in [0.1, 0.15) is 25.6 Å². The fourth-order valence-electron chi connectivity index (χ4n) is 1.35. The van der Waals surface area contributed by atoms with Gasteiger partial charge in [0.25, 0.3) is 0 Å². The number of nitrogens with zero attached hydrogens (tertiary/aromatic N) is 3. The van der Waals surface area contributed by atoms with Gasteiger partial charge in [0.2, 0.25) is 0 Å². The first-order chi connectivity index (χ1) is 7.15. The normalized spacial score (nSPS) is 13.4. The van der Waals surface area contributed by atoms with E-state index in [1.54, 1.807) is 0 Å². The van der Waals surface area contributed by atoms with Crippen molar-refractivity contribution in [3.8, 4) is 0 Å². The highest BCUT2D eigenvalue weighted by atomic mass is 32.2. The molecule has 0 bridgehead atoms. The number of nitrogens with one attached hydrogen (secondary N) is 1. The van der Waals surface area contributed by atoms with Crippen LogP contribution < -0.4 is 5.32 Å². The minimum atomic E-state index is 0.341. The Morgan fingerprint density at radius 1 is 1.47 bits per heavy atom. The summed E-state index contributed by atoms with van der Waals surface area (Å²) < 4.78 is 1.83. The third-order valence-electron chi connectivity index (χ3n) is 2.19. The van der Waals surface area contributed by atoms with Gasteiger partial charge in [-0.3, -0.25) is 4.68 Å². The van der Waals surface area contributed by atoms with E-state index in [0.717, 1.165) is 17.4 Å². The molecule has 0 fully saturated rings. The molecule has 1 atom stereocenters. The zero-order valence-electron chi connectivity index (χ0n) is 9.90. The minimum absolute atomic E-state index is 0.341. The summed E-state index contributed by atoms with van der Waals surface area (Å²) in [6.07, 6.45) is 1.83. The smallest absolute Gasteiger partial charge is 0.0761 e. The summed E-state index contributed by atoms with van der Waals surface area (Å²) in [5.41, 5.74) is 1.15. The van der Waals surface area contributed by atoms with Crippen molar-refractivity contribution in [3.05, 3.63) is 11.9 Å². The van der Waals surface area contributed by atoms with Gasteiger partial charge in [-0.15, -0.1) is 5.10 Å². The quantitative estimate of drug-likeness (QED) is 0.800. The van der Waals surface area contributed by atoms with Gasteiger partial charge in [-0.2, -0.15) is 11.8 Å². The molecule has 1 rings (SSSR count). The van der Waals surface area contributed by atoms with Crippen molar-refractivity contribution < 1.29 is 0 Å². The lowest BCUT2D eigenvalue weighted by Gasteiger charge is -2.15. The highest BCUT2D eigenvalue weighted by Crippen LogP contribution is 2.18. The third-order valence-corrected chi connectivity index (χ3v) is 3.66. The van der Waals surface area contributed by atoms with Crippen LogP contribution in [0.3, 0.4) is 0 Å². The lowest BCUT2D eigenvalue weighted by atomic mass is 10.2. The van der Waals surface area contributed by atoms with E-state index in [9.17, 15) is 0 Å². The van der Waals surface area contributed by atoms with Crippen molar-refractivity contribution in [2.75, 3.05) is 18.6 Å². The summed E-state index contributed by atoms with van der Waals surface area (Å²) in [5.74, 6) is 3.01. The topological polar surface area (TPSA) is 42.7 Å². The fourth-order valence-corrected chi connectivity index (χ4v) is 2.53. The van der Waals surface area contributed by atoms with Gasteiger partial charge >= 0.3 is 0 Å². The number of hydrogen-bond donors (Lipinski definition) is 1. The average Bonchev–Trinajstić information content (AvgIpc) is 2.59. The molecule has 0 aliphatic heterocycles. The Labute approximate surface area is 95.8 Å². The molecule has 1 N–H and O–H groups in total. The molecule has 0 amide bonds. The van der Waals surface area contributed by atoms with Gasteiger partial charge in [0.05, 0.1) is 17.9 Å². The molecule has 0 aromatic carbocycles. The molecule has 0 aliphatic carbocycles. The number of rotatable bonds is 6. The second kappa shape index (κ2) is 6.12. The number of aryl methyl sites for hydroxylation is 1. The van der Waals surface area contributed by atoms with Crippen LogP contribution in [0.2, 0.25) is 0 Å². The maximum absolute atomic E-state index is 3.95. The highest BCUT2D eigenvalue weighted by molar-refractivity contribution is 7.99. The van der Waals surface area contributed by atoms with Crippen LogP contribution in [0.4, 0.5) is 0 Å². The molecule has 5 heteroatoms. The fraction of sp³-hybridized carbons (Fsp3) is 0.800. The third kappa shape index (κ3) is 3.83. The van der Waals surface area contributed by atoms with Gasteiger partial charge in [-0.25, -0.2) is 0 Å². The maximum Gasteiger partial charge on any atom is 0.0761 e. The van der Waals surface area contributed by atoms with Crippen LogP contribution in [0.25, 0.3) is 0 Å². The molecule has 15 heavy (non-hydrogen) atoms. The molecular formula is C10H20N4S. The molecule has 4 nitrogen and oxygen atoms in total. The Kier molecular flexibility index (Phi) is 5.11. The van der Waals surface area contributed by atoms with Crippen LogP contribution in [0.5, 0.6) is 0 Å². The molecule has 86 valence electrons. The van der Waals surface area contributed by atoms with Gasteiger partial charge in [0.15, 0.2) is 0 Å². The van der Waals surface area contributed by atoms with Crippen molar-refractivity contribution in [2.45, 2.75) is 19.9 Å². The SMILES string of the molecule is CNC(CSCC(C)C)c1cnnn1C. The van der Waals surface area contributed by atoms with Gasteiger partial charge in [0.1, 0.15) is 0 Å². The largest absolute Gasteiger partial charge is 0.311 e. The van der Waals surface area contributed by atoms with Crippen molar-refractivity contribution in [2.24, 2.45) is 13.0 Å². The first-order valence-electron chi connectivity index (χ1n) is 5.24. The molecule has 0 saturated heterocycles. The van der Waals surface area contributed by atoms with E-state index in [-0.39, 0.29) is 0 Å². The molecule has 0 radical (unpaired) electrons. The van der Waals surface area contributed by atoms with E-state index in [0.29, 0.717) is 6.04 Å². The van der Waals surface area contributed by atoms with E-state index < -0.39 is 0 Å². The molecular weight excluding hydrogens is 208 g/mol. The van der Waals surface area contributed by atoms with Crippen LogP contribution in [-0.2, 0) is 7.05 Å². The van der Waals surface area contributed by atoms with Gasteiger partial charge < -0.3 is 5.32 Å². The lowest BCUT2D eigenvalue weighted by molar-refractivity contribution is 0.579. The molecule has 1 aromatic rings. The second-order valence-corrected chi connectivity index (χ2v) is 5.13. The summed E-state index contributed by atoms with van der Waals surface area (Å²) in [6.45, 7) is 4.49. The van der Waals surface area contributed by atoms with Crippen LogP contribution in [0.15, 0.2) is 6.20 Å². The predicted molar refractivity (Wildman–Crippen MR) is 65.0 cm³/mol. The van der Waals surface area contributed by atoms with Gasteiger partial charge in [-0.1, -0.05) is 19.1 Å². The Hall–Kier alpha value is -0.550. The Balaban J connectivity index is 2.46. The minimum Gasteiger partial charge on any atom is -0.311 e. The summed E-state index contributed by atoms with van der Waals surface area (Å²) in [4.78, 5) is 0. The molecule has 0 aliphatic rings. The molecule has 0 saturated carbocycles. The molecule has 0 spiro atoms. The molecule has 1 heterocycles. The van der Waals surface area contributed by atoms with Crippen molar-refractivity contribution in [3.63, 3.8) is 0 Å². The van der Waals surface area contributed by atoms with Crippen molar-refractivity contribution >= 4 is 11.8 Å². The summed E-state index contributed by atoms with van der Waals surface area (Å²) in [7, 11) is 3.91. The summed E-state index contributed by atoms with van der Waals surface area (Å²) >= 11 is 1.97. The molecule has 1 unspecified atom stereocenters. The van der Waals surface area contributed by atoms with E-state index >= 15 is 0 Å². The molecule has 1 aromatic heterocycles. The zero-order chi connectivity index (χ0) is 11.3. The Bertz CT molecular complexity index is 285. The zero-order valence-corrected chi connectivity index (χ0v) is 10.7. The summed E-state index contributed by atoms with van der Waals surface area (Å²) in [6, 6.07) is 0.341. The first kappa shape index (κ1) is 12.5. The summed E-state index contributed by atoms with van der Waals surface area (Å²) in [5, 5.41) is 11.1. The number of thioether (sulfide) groups is 1. The van der Waals surface area contributed by atoms with Crippen LogP contribution >= 0.6 is 11.8 Å². The van der Waals surface area contributed by atoms with E-state index in [2.05, 4.69) is 29.5 Å². The number of aromatic nitrogens is 3. The van der Waals surface area contributed by atoms with Gasteiger partial charge in [-0.05, 0) is 18.7 Å². The van der Waals surface area contributed by atoms with Crippen molar-refractivity contribution in [1.29, 1.82) is 0 Å². The average molecular weight is 228 g/mol. The maximum atomic E-state index is 3.95. The van der Waals surface area contributed by atoms with E-state index in [1.165, 1.54) is 5.75 Å². The highest BCUT2D eigenvalue weighted by Gasteiger charge is 2.13. The van der Waals surface area contributed by atoms with Gasteiger partial charge in [0, 0.05) is 12.8 Å². The Morgan fingerprint density at radius 3 is 2.67 bits per heavy atom. The number of hydrogen-bond acceptors (Lipinski definition) is 4. The van der Waals surface area contributed by atoms with Crippen LogP contribution in [-0.4, -0.2) is 33.5 Å². The second-order valence-electron chi connectivity index (χ2n) is 4.06. The Morgan fingerprint density at radius 2 is 2.20 bits per heavy atom. The monoisotopic (exact) mass is 228 g/mol. The predicted octanol–water partition coefficient (Wildman–Crippen LogP) is 1.46. The van der Waals surface area contributed by atoms with E-state index in [4.69, 9.17) is 0 Å². The standard InChI is InChI=1S/C10H20N4S/c1-8(2)6-15-7-9(11-3)10-5-12-13-14(10)4/h5,8-9,11H,6-7H2,1-4H3. The van der Waals surface area contributed by atoms with Crippen LogP contribution in [0, 0.1) is 5.92 Å². The first-order valence-corrected chi connectivity index (χ1v) is 6.40.